The summed E-state index contributed by atoms with van der Waals surface area (Å²) in [6, 6.07) is 7.15. The molecule has 2 N–H and O–H groups in total. The maximum Gasteiger partial charge on any atom is 0.220 e. The summed E-state index contributed by atoms with van der Waals surface area (Å²) >= 11 is 5.76. The van der Waals surface area contributed by atoms with E-state index < -0.39 is 0 Å². The first-order valence-corrected chi connectivity index (χ1v) is 6.40. The monoisotopic (exact) mass is 270 g/mol. The van der Waals surface area contributed by atoms with Crippen LogP contribution in [-0.4, -0.2) is 32.7 Å². The number of hydrogen-bond donors (Lipinski definition) is 2. The summed E-state index contributed by atoms with van der Waals surface area (Å²) in [7, 11) is 1.87. The third kappa shape index (κ3) is 6.47. The zero-order valence-electron chi connectivity index (χ0n) is 10.5. The minimum absolute atomic E-state index is 0.0601. The Morgan fingerprint density at radius 2 is 2.00 bits per heavy atom. The number of benzene rings is 1. The van der Waals surface area contributed by atoms with Crippen LogP contribution in [0.15, 0.2) is 24.3 Å². The van der Waals surface area contributed by atoms with Gasteiger partial charge >= 0.3 is 0 Å². The van der Waals surface area contributed by atoms with E-state index in [1.807, 2.05) is 7.05 Å². The summed E-state index contributed by atoms with van der Waals surface area (Å²) in [5.74, 6) is 0.814. The predicted molar refractivity (Wildman–Crippen MR) is 73.1 cm³/mol. The minimum atomic E-state index is 0.0601. The van der Waals surface area contributed by atoms with Gasteiger partial charge in [0.1, 0.15) is 12.4 Å². The number of ether oxygens (including phenoxy) is 1. The Morgan fingerprint density at radius 1 is 1.28 bits per heavy atom. The van der Waals surface area contributed by atoms with Gasteiger partial charge in [-0.2, -0.15) is 0 Å². The van der Waals surface area contributed by atoms with E-state index in [9.17, 15) is 4.79 Å². The topological polar surface area (TPSA) is 50.4 Å². The highest BCUT2D eigenvalue weighted by atomic mass is 35.5. The van der Waals surface area contributed by atoms with Crippen LogP contribution in [0.3, 0.4) is 0 Å². The number of rotatable bonds is 8. The van der Waals surface area contributed by atoms with Gasteiger partial charge in [0.25, 0.3) is 0 Å². The van der Waals surface area contributed by atoms with Crippen LogP contribution in [0.5, 0.6) is 5.75 Å². The Morgan fingerprint density at radius 3 is 2.67 bits per heavy atom. The van der Waals surface area contributed by atoms with Gasteiger partial charge in [-0.3, -0.25) is 4.79 Å². The van der Waals surface area contributed by atoms with Crippen molar-refractivity contribution in [3.8, 4) is 5.75 Å². The molecule has 0 saturated heterocycles. The molecule has 0 heterocycles. The molecule has 1 amide bonds. The second-order valence-corrected chi connectivity index (χ2v) is 4.30. The third-order valence-corrected chi connectivity index (χ3v) is 2.59. The molecule has 0 bridgehead atoms. The zero-order valence-corrected chi connectivity index (χ0v) is 11.3. The van der Waals surface area contributed by atoms with Gasteiger partial charge in [-0.1, -0.05) is 11.6 Å². The highest BCUT2D eigenvalue weighted by Crippen LogP contribution is 2.14. The van der Waals surface area contributed by atoms with Crippen molar-refractivity contribution >= 4 is 17.5 Å². The van der Waals surface area contributed by atoms with E-state index in [-0.39, 0.29) is 5.91 Å². The summed E-state index contributed by atoms with van der Waals surface area (Å²) in [6.45, 7) is 1.83. The van der Waals surface area contributed by atoms with Gasteiger partial charge in [0.15, 0.2) is 0 Å². The molecule has 0 aromatic heterocycles. The van der Waals surface area contributed by atoms with Crippen LogP contribution in [0.25, 0.3) is 0 Å². The van der Waals surface area contributed by atoms with Crippen molar-refractivity contribution in [2.75, 3.05) is 26.7 Å². The first-order valence-electron chi connectivity index (χ1n) is 6.02. The molecule has 1 aromatic rings. The van der Waals surface area contributed by atoms with Crippen molar-refractivity contribution in [2.24, 2.45) is 0 Å². The molecule has 1 rings (SSSR count). The number of halogens is 1. The van der Waals surface area contributed by atoms with Gasteiger partial charge < -0.3 is 15.4 Å². The fraction of sp³-hybridized carbons (Fsp3) is 0.462. The van der Waals surface area contributed by atoms with Gasteiger partial charge in [-0.05, 0) is 44.3 Å². The number of hydrogen-bond acceptors (Lipinski definition) is 3. The quantitative estimate of drug-likeness (QED) is 0.709. The lowest BCUT2D eigenvalue weighted by atomic mass is 10.3. The fourth-order valence-electron chi connectivity index (χ4n) is 1.40. The number of nitrogens with one attached hydrogen (secondary N) is 2. The molecule has 1 aromatic carbocycles. The Bertz CT molecular complexity index is 355. The molecule has 5 heteroatoms. The Balaban J connectivity index is 2.07. The van der Waals surface area contributed by atoms with Gasteiger partial charge in [-0.15, -0.1) is 0 Å². The second-order valence-electron chi connectivity index (χ2n) is 3.86. The van der Waals surface area contributed by atoms with Crippen molar-refractivity contribution in [2.45, 2.75) is 12.8 Å². The Hall–Kier alpha value is -1.26. The molecular formula is C13H19ClN2O2. The van der Waals surface area contributed by atoms with E-state index in [4.69, 9.17) is 16.3 Å². The highest BCUT2D eigenvalue weighted by molar-refractivity contribution is 6.30. The molecule has 0 aliphatic carbocycles. The molecule has 0 unspecified atom stereocenters. The largest absolute Gasteiger partial charge is 0.492 e. The van der Waals surface area contributed by atoms with Crippen molar-refractivity contribution in [1.29, 1.82) is 0 Å². The molecule has 0 spiro atoms. The summed E-state index contributed by atoms with van der Waals surface area (Å²) in [5.41, 5.74) is 0. The van der Waals surface area contributed by atoms with Crippen molar-refractivity contribution in [3.05, 3.63) is 29.3 Å². The first-order chi connectivity index (χ1) is 8.72. The van der Waals surface area contributed by atoms with E-state index >= 15 is 0 Å². The molecule has 0 atom stereocenters. The lowest BCUT2D eigenvalue weighted by molar-refractivity contribution is -0.121. The maximum absolute atomic E-state index is 11.4. The van der Waals surface area contributed by atoms with Gasteiger partial charge in [-0.25, -0.2) is 0 Å². The average Bonchev–Trinajstić information content (AvgIpc) is 2.37. The molecule has 100 valence electrons. The van der Waals surface area contributed by atoms with Crippen molar-refractivity contribution in [1.82, 2.24) is 10.6 Å². The highest BCUT2D eigenvalue weighted by Gasteiger charge is 2.00. The van der Waals surface area contributed by atoms with E-state index in [0.29, 0.717) is 24.6 Å². The lowest BCUT2D eigenvalue weighted by Crippen LogP contribution is -2.28. The Labute approximate surface area is 113 Å². The molecule has 0 saturated carbocycles. The average molecular weight is 271 g/mol. The van der Waals surface area contributed by atoms with Gasteiger partial charge in [0.05, 0.1) is 6.54 Å². The fourth-order valence-corrected chi connectivity index (χ4v) is 1.53. The van der Waals surface area contributed by atoms with Crippen LogP contribution < -0.4 is 15.4 Å². The molecule has 0 aliphatic heterocycles. The smallest absolute Gasteiger partial charge is 0.220 e. The molecule has 18 heavy (non-hydrogen) atoms. The third-order valence-electron chi connectivity index (χ3n) is 2.34. The van der Waals surface area contributed by atoms with E-state index in [2.05, 4.69) is 10.6 Å². The van der Waals surface area contributed by atoms with Crippen LogP contribution in [0.2, 0.25) is 5.02 Å². The summed E-state index contributed by atoms with van der Waals surface area (Å²) < 4.78 is 5.45. The van der Waals surface area contributed by atoms with Crippen LogP contribution in [0, 0.1) is 0 Å². The van der Waals surface area contributed by atoms with Crippen LogP contribution in [0.4, 0.5) is 0 Å². The number of carbonyl (C=O) groups excluding carboxylic acids is 1. The maximum atomic E-state index is 11.4. The molecular weight excluding hydrogens is 252 g/mol. The number of carbonyl (C=O) groups is 1. The van der Waals surface area contributed by atoms with E-state index in [1.165, 1.54) is 0 Å². The van der Waals surface area contributed by atoms with Gasteiger partial charge in [0.2, 0.25) is 5.91 Å². The summed E-state index contributed by atoms with van der Waals surface area (Å²) in [4.78, 5) is 11.4. The van der Waals surface area contributed by atoms with Crippen LogP contribution >= 0.6 is 11.6 Å². The molecule has 0 fully saturated rings. The molecule has 4 nitrogen and oxygen atoms in total. The lowest BCUT2D eigenvalue weighted by Gasteiger charge is -2.07. The van der Waals surface area contributed by atoms with Crippen LogP contribution in [-0.2, 0) is 4.79 Å². The van der Waals surface area contributed by atoms with E-state index in [0.717, 1.165) is 18.7 Å². The van der Waals surface area contributed by atoms with Gasteiger partial charge in [0, 0.05) is 11.4 Å². The number of amides is 1. The molecule has 0 radical (unpaired) electrons. The minimum Gasteiger partial charge on any atom is -0.492 e. The summed E-state index contributed by atoms with van der Waals surface area (Å²) in [5, 5.41) is 6.49. The standard InChI is InChI=1S/C13H19ClN2O2/c1-15-8-2-3-13(17)16-9-10-18-12-6-4-11(14)5-7-12/h4-7,15H,2-3,8-10H2,1H3,(H,16,17). The predicted octanol–water partition coefficient (Wildman–Crippen LogP) is 1.83. The Kier molecular flexibility index (Phi) is 7.22. The zero-order chi connectivity index (χ0) is 13.2. The second kappa shape index (κ2) is 8.78. The van der Waals surface area contributed by atoms with Crippen LogP contribution in [0.1, 0.15) is 12.8 Å². The van der Waals surface area contributed by atoms with Crippen molar-refractivity contribution in [3.63, 3.8) is 0 Å². The SMILES string of the molecule is CNCCCC(=O)NCCOc1ccc(Cl)cc1. The normalized spacial score (nSPS) is 10.1. The molecule has 0 aliphatic rings. The summed E-state index contributed by atoms with van der Waals surface area (Å²) in [6.07, 6.45) is 1.39. The van der Waals surface area contributed by atoms with Crippen molar-refractivity contribution < 1.29 is 9.53 Å². The van der Waals surface area contributed by atoms with E-state index in [1.54, 1.807) is 24.3 Å². The first kappa shape index (κ1) is 14.8.